The Balaban J connectivity index is -0.000000122. The van der Waals surface area contributed by atoms with Crippen molar-refractivity contribution in [2.45, 2.75) is 69.2 Å². The Morgan fingerprint density at radius 2 is 0.960 bits per heavy atom. The molecule has 0 radical (unpaired) electrons. The van der Waals surface area contributed by atoms with Gasteiger partial charge in [0.25, 0.3) is 0 Å². The molecule has 0 saturated carbocycles. The second kappa shape index (κ2) is 26.3. The summed E-state index contributed by atoms with van der Waals surface area (Å²) in [6.07, 6.45) is 0. The maximum Gasteiger partial charge on any atom is 4.00 e. The Bertz CT molecular complexity index is 306. The molecule has 0 amide bonds. The standard InChI is InChI=1S/C9H13.3C4H10N.Hf/c1-6-5-7(2)9(4)8(6)3;3*1-3-5-4-2;/h5H,1-4H3;3*3-4H2,1-2H3;/q4*-1;+4. The van der Waals surface area contributed by atoms with Gasteiger partial charge in [0.15, 0.2) is 0 Å². The van der Waals surface area contributed by atoms with Crippen molar-refractivity contribution in [1.82, 2.24) is 0 Å². The number of nitrogens with zero attached hydrogens (tertiary/aromatic N) is 3. The van der Waals surface area contributed by atoms with Gasteiger partial charge in [-0.05, 0) is 0 Å². The molecular weight excluding hydrogens is 473 g/mol. The third-order valence-electron chi connectivity index (χ3n) is 3.52. The fourth-order valence-electron chi connectivity index (χ4n) is 1.80. The van der Waals surface area contributed by atoms with Gasteiger partial charge >= 0.3 is 25.8 Å². The topological polar surface area (TPSA) is 42.3 Å². The van der Waals surface area contributed by atoms with Gasteiger partial charge in [0.05, 0.1) is 0 Å². The van der Waals surface area contributed by atoms with Crippen molar-refractivity contribution in [3.05, 3.63) is 44.3 Å². The van der Waals surface area contributed by atoms with Crippen LogP contribution in [-0.2, 0) is 25.8 Å². The smallest absolute Gasteiger partial charge is 0.663 e. The van der Waals surface area contributed by atoms with E-state index in [4.69, 9.17) is 0 Å². The van der Waals surface area contributed by atoms with Crippen molar-refractivity contribution in [2.75, 3.05) is 39.3 Å². The SMILES string of the molecule is CC[N-]CC.CC[N-]CC.CC[N-]CC.Cc1c[c-](C)c(C)c1C.[Hf+4]. The molecule has 0 atom stereocenters. The van der Waals surface area contributed by atoms with Gasteiger partial charge in [-0.15, -0.1) is 0 Å². The van der Waals surface area contributed by atoms with E-state index in [0.29, 0.717) is 0 Å². The number of hydrogen-bond acceptors (Lipinski definition) is 0. The van der Waals surface area contributed by atoms with Crippen LogP contribution in [0.2, 0.25) is 0 Å². The van der Waals surface area contributed by atoms with Crippen LogP contribution in [0.1, 0.15) is 63.8 Å². The monoisotopic (exact) mass is 517 g/mol. The summed E-state index contributed by atoms with van der Waals surface area (Å²) in [5, 5.41) is 11.9. The summed E-state index contributed by atoms with van der Waals surface area (Å²) < 4.78 is 0. The van der Waals surface area contributed by atoms with Gasteiger partial charge < -0.3 is 16.0 Å². The molecular formula is C21H43HfN3. The van der Waals surface area contributed by atoms with Crippen molar-refractivity contribution in [1.29, 1.82) is 0 Å². The third-order valence-corrected chi connectivity index (χ3v) is 3.52. The van der Waals surface area contributed by atoms with Crippen molar-refractivity contribution < 1.29 is 25.8 Å². The molecule has 0 aromatic heterocycles. The number of rotatable bonds is 6. The van der Waals surface area contributed by atoms with Crippen molar-refractivity contribution in [3.63, 3.8) is 0 Å². The van der Waals surface area contributed by atoms with Crippen molar-refractivity contribution >= 4 is 0 Å². The largest absolute Gasteiger partial charge is 4.00 e. The summed E-state index contributed by atoms with van der Waals surface area (Å²) in [4.78, 5) is 0. The molecule has 1 aromatic carbocycles. The van der Waals surface area contributed by atoms with E-state index in [9.17, 15) is 0 Å². The molecule has 0 spiro atoms. The summed E-state index contributed by atoms with van der Waals surface area (Å²) in [7, 11) is 0. The Kier molecular flexibility index (Phi) is 34.5. The van der Waals surface area contributed by atoms with E-state index in [1.807, 2.05) is 41.5 Å². The quantitative estimate of drug-likeness (QED) is 0.294. The van der Waals surface area contributed by atoms with Crippen LogP contribution in [0.5, 0.6) is 0 Å². The first kappa shape index (κ1) is 32.7. The van der Waals surface area contributed by atoms with E-state index >= 15 is 0 Å². The molecule has 0 aliphatic rings. The molecule has 0 saturated heterocycles. The second-order valence-corrected chi connectivity index (χ2v) is 5.33. The number of hydrogen-bond donors (Lipinski definition) is 0. The zero-order valence-corrected chi connectivity index (χ0v) is 22.3. The van der Waals surface area contributed by atoms with Gasteiger partial charge in [0.2, 0.25) is 0 Å². The van der Waals surface area contributed by atoms with Gasteiger partial charge in [0, 0.05) is 0 Å². The molecule has 0 heterocycles. The zero-order valence-electron chi connectivity index (χ0n) is 18.7. The van der Waals surface area contributed by atoms with Crippen LogP contribution in [0, 0.1) is 27.7 Å². The van der Waals surface area contributed by atoms with Gasteiger partial charge in [0.1, 0.15) is 0 Å². The first-order chi connectivity index (χ1) is 11.4. The molecule has 1 rings (SSSR count). The number of aryl methyl sites for hydroxylation is 2. The molecule has 0 bridgehead atoms. The molecule has 146 valence electrons. The minimum Gasteiger partial charge on any atom is -0.663 e. The van der Waals surface area contributed by atoms with E-state index in [1.54, 1.807) is 0 Å². The van der Waals surface area contributed by atoms with Crippen LogP contribution in [0.4, 0.5) is 0 Å². The van der Waals surface area contributed by atoms with E-state index in [0.717, 1.165) is 39.3 Å². The van der Waals surface area contributed by atoms with Crippen molar-refractivity contribution in [3.8, 4) is 0 Å². The summed E-state index contributed by atoms with van der Waals surface area (Å²) >= 11 is 0. The second-order valence-electron chi connectivity index (χ2n) is 5.33. The maximum absolute atomic E-state index is 3.97. The van der Waals surface area contributed by atoms with E-state index in [2.05, 4.69) is 49.7 Å². The van der Waals surface area contributed by atoms with Crippen molar-refractivity contribution in [2.24, 2.45) is 0 Å². The molecule has 25 heavy (non-hydrogen) atoms. The van der Waals surface area contributed by atoms with Crippen LogP contribution < -0.4 is 0 Å². The van der Waals surface area contributed by atoms with Gasteiger partial charge in [-0.1, -0.05) is 69.2 Å². The average Bonchev–Trinajstić information content (AvgIpc) is 2.78. The Labute approximate surface area is 178 Å². The first-order valence-electron chi connectivity index (χ1n) is 9.47. The van der Waals surface area contributed by atoms with Crippen LogP contribution in [0.3, 0.4) is 0 Å². The molecule has 0 N–H and O–H groups in total. The predicted octanol–water partition coefficient (Wildman–Crippen LogP) is 6.84. The molecule has 0 aliphatic heterocycles. The zero-order chi connectivity index (χ0) is 19.4. The van der Waals surface area contributed by atoms with Crippen LogP contribution >= 0.6 is 0 Å². The van der Waals surface area contributed by atoms with Gasteiger partial charge in [-0.3, -0.25) is 0 Å². The fourth-order valence-corrected chi connectivity index (χ4v) is 1.80. The van der Waals surface area contributed by atoms with Crippen LogP contribution in [-0.4, -0.2) is 39.3 Å². The van der Waals surface area contributed by atoms with Gasteiger partial charge in [-0.2, -0.15) is 67.6 Å². The summed E-state index contributed by atoms with van der Waals surface area (Å²) in [6.45, 7) is 26.8. The first-order valence-corrected chi connectivity index (χ1v) is 9.47. The summed E-state index contributed by atoms with van der Waals surface area (Å²) in [5.74, 6) is 0. The van der Waals surface area contributed by atoms with Crippen LogP contribution in [0.15, 0.2) is 6.07 Å². The molecule has 1 aromatic rings. The predicted molar refractivity (Wildman–Crippen MR) is 114 cm³/mol. The Morgan fingerprint density at radius 1 is 0.680 bits per heavy atom. The van der Waals surface area contributed by atoms with E-state index in [-0.39, 0.29) is 25.8 Å². The average molecular weight is 516 g/mol. The minimum absolute atomic E-state index is 0. The minimum atomic E-state index is 0. The normalized spacial score (nSPS) is 8.72. The molecule has 0 aliphatic carbocycles. The third kappa shape index (κ3) is 24.1. The Hall–Kier alpha value is 0.100. The molecule has 4 heteroatoms. The molecule has 0 fully saturated rings. The summed E-state index contributed by atoms with van der Waals surface area (Å²) in [5.41, 5.74) is 5.75. The molecule has 0 unspecified atom stereocenters. The Morgan fingerprint density at radius 3 is 1.00 bits per heavy atom. The molecule has 3 nitrogen and oxygen atoms in total. The van der Waals surface area contributed by atoms with Crippen LogP contribution in [0.25, 0.3) is 16.0 Å². The summed E-state index contributed by atoms with van der Waals surface area (Å²) in [6, 6.07) is 2.24. The fraction of sp³-hybridized carbons (Fsp3) is 0.762. The van der Waals surface area contributed by atoms with Gasteiger partial charge in [-0.25, -0.2) is 0 Å². The van der Waals surface area contributed by atoms with E-state index < -0.39 is 0 Å². The van der Waals surface area contributed by atoms with E-state index in [1.165, 1.54) is 22.3 Å². The maximum atomic E-state index is 3.97.